The molecule has 0 aliphatic rings. The Kier molecular flexibility index (Phi) is 5.02. The van der Waals surface area contributed by atoms with E-state index in [1.165, 1.54) is 4.90 Å². The smallest absolute Gasteiger partial charge is 0.230 e. The Labute approximate surface area is 107 Å². The second-order valence-corrected chi connectivity index (χ2v) is 5.48. The molecule has 0 saturated heterocycles. The third kappa shape index (κ3) is 4.06. The maximum Gasteiger partial charge on any atom is 0.230 e. The highest BCUT2D eigenvalue weighted by molar-refractivity contribution is 7.98. The van der Waals surface area contributed by atoms with Crippen LogP contribution in [0, 0.1) is 5.41 Å². The van der Waals surface area contributed by atoms with E-state index in [1.54, 1.807) is 11.8 Å². The van der Waals surface area contributed by atoms with Crippen LogP contribution in [0.2, 0.25) is 0 Å². The van der Waals surface area contributed by atoms with E-state index in [1.807, 2.05) is 44.4 Å². The summed E-state index contributed by atoms with van der Waals surface area (Å²) >= 11 is 1.68. The van der Waals surface area contributed by atoms with Crippen LogP contribution in [0.1, 0.15) is 20.3 Å². The standard InChI is InChI=1S/C13H20N2OS/c1-13(2,8-9-14)12(16)15-10-4-6-11(17-3)7-5-10/h4-7H,8-9,14H2,1-3H3,(H,15,16). The quantitative estimate of drug-likeness (QED) is 0.792. The van der Waals surface area contributed by atoms with E-state index in [0.717, 1.165) is 5.69 Å². The number of benzene rings is 1. The van der Waals surface area contributed by atoms with Crippen molar-refractivity contribution in [2.75, 3.05) is 18.1 Å². The van der Waals surface area contributed by atoms with Crippen molar-refractivity contribution in [3.8, 4) is 0 Å². The highest BCUT2D eigenvalue weighted by Gasteiger charge is 2.26. The van der Waals surface area contributed by atoms with Gasteiger partial charge in [-0.1, -0.05) is 13.8 Å². The zero-order valence-corrected chi connectivity index (χ0v) is 11.4. The lowest BCUT2D eigenvalue weighted by molar-refractivity contribution is -0.124. The zero-order valence-electron chi connectivity index (χ0n) is 10.6. The number of nitrogens with two attached hydrogens (primary N) is 1. The van der Waals surface area contributed by atoms with Gasteiger partial charge < -0.3 is 11.1 Å². The molecular weight excluding hydrogens is 232 g/mol. The van der Waals surface area contributed by atoms with Crippen molar-refractivity contribution in [3.63, 3.8) is 0 Å². The number of anilines is 1. The van der Waals surface area contributed by atoms with Crippen molar-refractivity contribution in [3.05, 3.63) is 24.3 Å². The van der Waals surface area contributed by atoms with E-state index >= 15 is 0 Å². The summed E-state index contributed by atoms with van der Waals surface area (Å²) in [6.07, 6.45) is 2.71. The monoisotopic (exact) mass is 252 g/mol. The molecule has 94 valence electrons. The summed E-state index contributed by atoms with van der Waals surface area (Å²) in [6, 6.07) is 7.83. The molecule has 0 aliphatic carbocycles. The number of amides is 1. The van der Waals surface area contributed by atoms with Gasteiger partial charge in [-0.3, -0.25) is 4.79 Å². The molecule has 0 heterocycles. The highest BCUT2D eigenvalue weighted by atomic mass is 32.2. The molecule has 0 saturated carbocycles. The fraction of sp³-hybridized carbons (Fsp3) is 0.462. The average molecular weight is 252 g/mol. The minimum Gasteiger partial charge on any atom is -0.330 e. The van der Waals surface area contributed by atoms with E-state index in [-0.39, 0.29) is 5.91 Å². The van der Waals surface area contributed by atoms with Crippen LogP contribution in [0.25, 0.3) is 0 Å². The Hall–Kier alpha value is -1.00. The maximum absolute atomic E-state index is 12.0. The molecular formula is C13H20N2OS. The Morgan fingerprint density at radius 2 is 1.94 bits per heavy atom. The Morgan fingerprint density at radius 1 is 1.35 bits per heavy atom. The van der Waals surface area contributed by atoms with Crippen LogP contribution in [0.15, 0.2) is 29.2 Å². The molecule has 0 aromatic heterocycles. The molecule has 0 bridgehead atoms. The first kappa shape index (κ1) is 14.1. The van der Waals surface area contributed by atoms with Crippen molar-refractivity contribution in [1.29, 1.82) is 0 Å². The van der Waals surface area contributed by atoms with E-state index in [0.29, 0.717) is 13.0 Å². The van der Waals surface area contributed by atoms with Gasteiger partial charge >= 0.3 is 0 Å². The Bertz CT molecular complexity index is 374. The van der Waals surface area contributed by atoms with Gasteiger partial charge in [0.05, 0.1) is 0 Å². The van der Waals surface area contributed by atoms with Crippen LogP contribution in [0.3, 0.4) is 0 Å². The fourth-order valence-corrected chi connectivity index (χ4v) is 1.86. The number of nitrogens with one attached hydrogen (secondary N) is 1. The second-order valence-electron chi connectivity index (χ2n) is 4.61. The van der Waals surface area contributed by atoms with Crippen molar-refractivity contribution < 1.29 is 4.79 Å². The minimum absolute atomic E-state index is 0.0138. The Balaban J connectivity index is 2.67. The SMILES string of the molecule is CSc1ccc(NC(=O)C(C)(C)CCN)cc1. The first-order valence-electron chi connectivity index (χ1n) is 5.65. The van der Waals surface area contributed by atoms with E-state index in [2.05, 4.69) is 5.32 Å². The van der Waals surface area contributed by atoms with Crippen LogP contribution >= 0.6 is 11.8 Å². The van der Waals surface area contributed by atoms with E-state index < -0.39 is 5.41 Å². The third-order valence-corrected chi connectivity index (χ3v) is 3.48. The summed E-state index contributed by atoms with van der Waals surface area (Å²) in [5.41, 5.74) is 5.91. The molecule has 0 unspecified atom stereocenters. The van der Waals surface area contributed by atoms with Crippen LogP contribution in [-0.4, -0.2) is 18.7 Å². The summed E-state index contributed by atoms with van der Waals surface area (Å²) in [7, 11) is 0. The van der Waals surface area contributed by atoms with Crippen molar-refractivity contribution >= 4 is 23.4 Å². The largest absolute Gasteiger partial charge is 0.330 e. The molecule has 1 amide bonds. The molecule has 0 fully saturated rings. The molecule has 0 radical (unpaired) electrons. The number of thioether (sulfide) groups is 1. The molecule has 0 atom stereocenters. The summed E-state index contributed by atoms with van der Waals surface area (Å²) in [4.78, 5) is 13.2. The van der Waals surface area contributed by atoms with E-state index in [9.17, 15) is 4.79 Å². The lowest BCUT2D eigenvalue weighted by atomic mass is 9.88. The summed E-state index contributed by atoms with van der Waals surface area (Å²) in [5, 5.41) is 2.91. The van der Waals surface area contributed by atoms with Gasteiger partial charge in [0.1, 0.15) is 0 Å². The van der Waals surface area contributed by atoms with Gasteiger partial charge in [0, 0.05) is 16.0 Å². The number of carbonyl (C=O) groups excluding carboxylic acids is 1. The van der Waals surface area contributed by atoms with Gasteiger partial charge in [-0.2, -0.15) is 0 Å². The Morgan fingerprint density at radius 3 is 2.41 bits per heavy atom. The van der Waals surface area contributed by atoms with Crippen LogP contribution in [0.4, 0.5) is 5.69 Å². The van der Waals surface area contributed by atoms with Gasteiger partial charge in [-0.15, -0.1) is 11.8 Å². The predicted molar refractivity (Wildman–Crippen MR) is 74.3 cm³/mol. The number of hydrogen-bond acceptors (Lipinski definition) is 3. The third-order valence-electron chi connectivity index (χ3n) is 2.73. The highest BCUT2D eigenvalue weighted by Crippen LogP contribution is 2.23. The lowest BCUT2D eigenvalue weighted by Gasteiger charge is -2.22. The molecule has 1 aromatic carbocycles. The molecule has 17 heavy (non-hydrogen) atoms. The number of rotatable bonds is 5. The molecule has 1 aromatic rings. The van der Waals surface area contributed by atoms with E-state index in [4.69, 9.17) is 5.73 Å². The molecule has 3 N–H and O–H groups in total. The van der Waals surface area contributed by atoms with Gasteiger partial charge in [-0.25, -0.2) is 0 Å². The van der Waals surface area contributed by atoms with Crippen molar-refractivity contribution in [2.45, 2.75) is 25.2 Å². The zero-order chi connectivity index (χ0) is 12.9. The van der Waals surface area contributed by atoms with Crippen LogP contribution < -0.4 is 11.1 Å². The average Bonchev–Trinajstić information content (AvgIpc) is 2.30. The molecule has 1 rings (SSSR count). The minimum atomic E-state index is -0.424. The summed E-state index contributed by atoms with van der Waals surface area (Å²) < 4.78 is 0. The number of hydrogen-bond donors (Lipinski definition) is 2. The molecule has 3 nitrogen and oxygen atoms in total. The van der Waals surface area contributed by atoms with Crippen LogP contribution in [-0.2, 0) is 4.79 Å². The normalized spacial score (nSPS) is 11.3. The maximum atomic E-state index is 12.0. The lowest BCUT2D eigenvalue weighted by Crippen LogP contribution is -2.32. The second kappa shape index (κ2) is 6.07. The molecule has 0 spiro atoms. The molecule has 0 aliphatic heterocycles. The number of carbonyl (C=O) groups is 1. The first-order valence-corrected chi connectivity index (χ1v) is 6.87. The van der Waals surface area contributed by atoms with Crippen molar-refractivity contribution in [1.82, 2.24) is 0 Å². The van der Waals surface area contributed by atoms with Gasteiger partial charge in [0.25, 0.3) is 0 Å². The molecule has 4 heteroatoms. The fourth-order valence-electron chi connectivity index (χ4n) is 1.45. The van der Waals surface area contributed by atoms with Crippen molar-refractivity contribution in [2.24, 2.45) is 11.1 Å². The summed E-state index contributed by atoms with van der Waals surface area (Å²) in [6.45, 7) is 4.34. The topological polar surface area (TPSA) is 55.1 Å². The summed E-state index contributed by atoms with van der Waals surface area (Å²) in [5.74, 6) is 0.0138. The first-order chi connectivity index (χ1) is 7.99. The predicted octanol–water partition coefficient (Wildman–Crippen LogP) is 2.72. The van der Waals surface area contributed by atoms with Gasteiger partial charge in [0.2, 0.25) is 5.91 Å². The van der Waals surface area contributed by atoms with Crippen LogP contribution in [0.5, 0.6) is 0 Å². The van der Waals surface area contributed by atoms with Gasteiger partial charge in [0.15, 0.2) is 0 Å². The van der Waals surface area contributed by atoms with Gasteiger partial charge in [-0.05, 0) is 43.5 Å².